The Balaban J connectivity index is 0.000000158. The number of hydrogen-bond donors (Lipinski definition) is 3. The van der Waals surface area contributed by atoms with Gasteiger partial charge in [0.15, 0.2) is 28.9 Å². The maximum Gasteiger partial charge on any atom is 0.281 e. The standard InChI is InChI=1S/C20H17ClN2O3.C11H9ClN2O.C9H12O4.C7H5ClFNO.C5H9NO/c1-11-7-12(9-17(26-2)18(11)24)8-13-5-6-23-16-4-3-14(21)10-15(16)20(25)22-19(13)23;12-7-3-4-9-8(6-7)11(15)13-10-2-1-5-14(9)10;1-11-6-4-7(12-2)9(10)8(5-6)13-3;8-4-1-2-6(9)5(3-4)7(10)11;1-7-5-3-2-4-6-5/h3-4,7-10,24H,5-6H2,1-2H3;3-4,6H,1-2,5H2;4-5,10H,1-3H3;1-3H,(H2,10,11);2-4H2,1H3/b13-8+;;;;. The first-order valence-corrected chi connectivity index (χ1v) is 23.4. The molecule has 0 radical (unpaired) electrons. The molecule has 0 aliphatic carbocycles. The zero-order valence-electron chi connectivity index (χ0n) is 40.2. The van der Waals surface area contributed by atoms with Crippen molar-refractivity contribution in [2.24, 2.45) is 10.7 Å². The molecule has 0 atom stereocenters. The number of methoxy groups -OCH3 is 5. The number of benzene rings is 5. The Morgan fingerprint density at radius 3 is 1.81 bits per heavy atom. The van der Waals surface area contributed by atoms with E-state index in [9.17, 15) is 29.0 Å². The van der Waals surface area contributed by atoms with E-state index in [0.29, 0.717) is 54.7 Å². The average molecular weight is 1050 g/mol. The molecule has 5 aromatic carbocycles. The van der Waals surface area contributed by atoms with Crippen molar-refractivity contribution in [3.63, 3.8) is 0 Å². The number of allylic oxidation sites excluding steroid dienone is 1. The number of carbonyl (C=O) groups is 1. The number of phenolic OH excluding ortho intramolecular Hbond substituents is 2. The van der Waals surface area contributed by atoms with E-state index in [4.69, 9.17) is 64.2 Å². The number of aliphatic imine (C=N–C) groups is 1. The second-order valence-corrected chi connectivity index (χ2v) is 17.4. The summed E-state index contributed by atoms with van der Waals surface area (Å²) >= 11 is 17.4. The topological polar surface area (TPSA) is 212 Å². The maximum absolute atomic E-state index is 12.7. The molecule has 0 unspecified atom stereocenters. The van der Waals surface area contributed by atoms with Crippen molar-refractivity contribution < 1.29 is 43.1 Å². The third-order valence-corrected chi connectivity index (χ3v) is 12.1. The number of phenols is 2. The summed E-state index contributed by atoms with van der Waals surface area (Å²) in [5, 5.41) is 22.1. The fourth-order valence-corrected chi connectivity index (χ4v) is 8.41. The second kappa shape index (κ2) is 24.7. The van der Waals surface area contributed by atoms with Gasteiger partial charge in [-0.15, -0.1) is 0 Å². The normalized spacial score (nSPS) is 13.4. The third kappa shape index (κ3) is 12.9. The van der Waals surface area contributed by atoms with Gasteiger partial charge in [-0.3, -0.25) is 19.4 Å². The molecule has 20 heteroatoms. The van der Waals surface area contributed by atoms with Crippen LogP contribution in [-0.4, -0.2) is 83.2 Å². The summed E-state index contributed by atoms with van der Waals surface area (Å²) in [6.45, 7) is 4.48. The van der Waals surface area contributed by atoms with Gasteiger partial charge in [0.05, 0.1) is 62.9 Å². The summed E-state index contributed by atoms with van der Waals surface area (Å²) in [6.07, 6.45) is 6.93. The maximum atomic E-state index is 12.7. The quantitative estimate of drug-likeness (QED) is 0.142. The lowest BCUT2D eigenvalue weighted by Crippen LogP contribution is -2.14. The van der Waals surface area contributed by atoms with Crippen molar-refractivity contribution in [1.29, 1.82) is 0 Å². The smallest absolute Gasteiger partial charge is 0.281 e. The zero-order valence-corrected chi connectivity index (χ0v) is 42.5. The van der Waals surface area contributed by atoms with E-state index in [1.54, 1.807) is 43.5 Å². The van der Waals surface area contributed by atoms with Gasteiger partial charge in [0.2, 0.25) is 5.75 Å². The summed E-state index contributed by atoms with van der Waals surface area (Å²) in [5.74, 6) is 2.80. The molecular formula is C52H52Cl3FN6O10. The summed E-state index contributed by atoms with van der Waals surface area (Å²) in [5.41, 5.74) is 8.61. The number of aromatic hydroxyl groups is 2. The van der Waals surface area contributed by atoms with Crippen molar-refractivity contribution in [2.45, 2.75) is 52.1 Å². The predicted molar refractivity (Wildman–Crippen MR) is 278 cm³/mol. The van der Waals surface area contributed by atoms with Crippen molar-refractivity contribution in [1.82, 2.24) is 19.1 Å². The monoisotopic (exact) mass is 1040 g/mol. The van der Waals surface area contributed by atoms with Gasteiger partial charge in [-0.2, -0.15) is 9.97 Å². The van der Waals surface area contributed by atoms with Crippen LogP contribution in [0.4, 0.5) is 4.39 Å². The number of aryl methyl sites for hydroxylation is 4. The first-order valence-electron chi connectivity index (χ1n) is 22.3. The fraction of sp³-hybridized carbons (Fsp3) is 0.269. The zero-order chi connectivity index (χ0) is 52.2. The predicted octanol–water partition coefficient (Wildman–Crippen LogP) is 9.83. The minimum atomic E-state index is -0.815. The van der Waals surface area contributed by atoms with Gasteiger partial charge in [-0.1, -0.05) is 34.8 Å². The summed E-state index contributed by atoms with van der Waals surface area (Å²) in [6, 6.07) is 21.2. The van der Waals surface area contributed by atoms with Crippen LogP contribution < -0.4 is 35.8 Å². The van der Waals surface area contributed by atoms with Crippen LogP contribution in [0.3, 0.4) is 0 Å². The molecule has 10 rings (SSSR count). The number of fused-ring (bicyclic) bond motifs is 6. The van der Waals surface area contributed by atoms with E-state index in [2.05, 4.69) is 19.5 Å². The minimum absolute atomic E-state index is 0.0224. The Labute approximate surface area is 428 Å². The van der Waals surface area contributed by atoms with Crippen molar-refractivity contribution >= 4 is 80.1 Å². The minimum Gasteiger partial charge on any atom is -0.504 e. The number of primary amides is 1. The average Bonchev–Trinajstić information content (AvgIpc) is 4.17. The van der Waals surface area contributed by atoms with E-state index in [0.717, 1.165) is 90.8 Å². The van der Waals surface area contributed by atoms with Crippen LogP contribution in [-0.2, 0) is 24.2 Å². The molecule has 2 aromatic heterocycles. The summed E-state index contributed by atoms with van der Waals surface area (Å²) < 4.78 is 41.7. The second-order valence-electron chi connectivity index (χ2n) is 16.1. The fourth-order valence-electron chi connectivity index (χ4n) is 7.89. The molecule has 4 N–H and O–H groups in total. The third-order valence-electron chi connectivity index (χ3n) is 11.4. The van der Waals surface area contributed by atoms with Gasteiger partial charge < -0.3 is 48.8 Å². The number of hydrogen-bond acceptors (Lipinski definition) is 13. The Kier molecular flexibility index (Phi) is 18.5. The number of amides is 1. The van der Waals surface area contributed by atoms with Gasteiger partial charge in [-0.05, 0) is 116 Å². The number of nitrogens with zero attached hydrogens (tertiary/aromatic N) is 5. The van der Waals surface area contributed by atoms with Crippen LogP contribution in [0.1, 0.15) is 58.8 Å². The van der Waals surface area contributed by atoms with Crippen molar-refractivity contribution in [2.75, 3.05) is 42.1 Å². The number of rotatable bonds is 6. The lowest BCUT2D eigenvalue weighted by molar-refractivity contribution is 0.0996. The number of nitrogens with two attached hydrogens (primary N) is 1. The molecule has 3 aliphatic rings. The molecule has 378 valence electrons. The van der Waals surface area contributed by atoms with E-state index >= 15 is 0 Å². The van der Waals surface area contributed by atoms with Crippen LogP contribution in [0.5, 0.6) is 34.5 Å². The Morgan fingerprint density at radius 1 is 0.681 bits per heavy atom. The lowest BCUT2D eigenvalue weighted by Gasteiger charge is -2.09. The van der Waals surface area contributed by atoms with E-state index < -0.39 is 11.7 Å². The SMILES string of the molecule is COC1=NCCC1.COc1cc(/C=C2\CCn3c2nc(=O)c2cc(Cl)ccc23)cc(C)c1O.COc1cc(OC)c(O)c(OC)c1.NC(=O)c1cc(Cl)ccc1F.O=c1nc2n(c3ccc(Cl)cc13)CCC2. The molecule has 0 spiro atoms. The molecule has 0 bridgehead atoms. The molecule has 7 aromatic rings. The van der Waals surface area contributed by atoms with E-state index in [1.807, 2.05) is 41.8 Å². The van der Waals surface area contributed by atoms with Crippen LogP contribution in [0.15, 0.2) is 93.4 Å². The van der Waals surface area contributed by atoms with Gasteiger partial charge in [-0.25, -0.2) is 4.39 Å². The van der Waals surface area contributed by atoms with Crippen molar-refractivity contribution in [3.8, 4) is 34.5 Å². The number of aromatic nitrogens is 4. The molecule has 72 heavy (non-hydrogen) atoms. The molecule has 3 aliphatic heterocycles. The molecule has 0 fully saturated rings. The Morgan fingerprint density at radius 2 is 1.26 bits per heavy atom. The van der Waals surface area contributed by atoms with Crippen molar-refractivity contribution in [3.05, 3.63) is 149 Å². The first kappa shape index (κ1) is 54.0. The number of halogens is 4. The molecule has 0 saturated heterocycles. The molecule has 1 amide bonds. The lowest BCUT2D eigenvalue weighted by atomic mass is 10.1. The van der Waals surface area contributed by atoms with Gasteiger partial charge in [0.1, 0.15) is 23.2 Å². The highest BCUT2D eigenvalue weighted by molar-refractivity contribution is 6.31. The van der Waals surface area contributed by atoms with Crippen LogP contribution >= 0.6 is 34.8 Å². The van der Waals surface area contributed by atoms with Crippen LogP contribution in [0, 0.1) is 12.7 Å². The van der Waals surface area contributed by atoms with E-state index in [1.165, 1.54) is 47.0 Å². The van der Waals surface area contributed by atoms with E-state index in [-0.39, 0.29) is 28.2 Å². The molecular weight excluding hydrogens is 994 g/mol. The van der Waals surface area contributed by atoms with Gasteiger partial charge in [0.25, 0.3) is 17.0 Å². The Bertz CT molecular complexity index is 3300. The van der Waals surface area contributed by atoms with Gasteiger partial charge in [0, 0.05) is 59.7 Å². The van der Waals surface area contributed by atoms with Crippen LogP contribution in [0.25, 0.3) is 33.5 Å². The highest BCUT2D eigenvalue weighted by Crippen LogP contribution is 2.40. The van der Waals surface area contributed by atoms with Gasteiger partial charge >= 0.3 is 0 Å². The molecule has 5 heterocycles. The molecule has 0 saturated carbocycles. The first-order chi connectivity index (χ1) is 34.5. The number of ether oxygens (including phenoxy) is 5. The summed E-state index contributed by atoms with van der Waals surface area (Å²) in [4.78, 5) is 47.0. The largest absolute Gasteiger partial charge is 0.504 e. The number of carbonyl (C=O) groups excluding carboxylic acids is 1. The summed E-state index contributed by atoms with van der Waals surface area (Å²) in [7, 11) is 7.66. The molecule has 16 nitrogen and oxygen atoms in total. The Hall–Kier alpha value is -7.34. The highest BCUT2D eigenvalue weighted by Gasteiger charge is 2.22. The highest BCUT2D eigenvalue weighted by atomic mass is 35.5. The van der Waals surface area contributed by atoms with Crippen LogP contribution in [0.2, 0.25) is 15.1 Å².